The Balaban J connectivity index is 1.72. The molecule has 1 saturated heterocycles. The normalized spacial score (nSPS) is 17.9. The standard InChI is InChI=1S/C19H24FN3O2/c1-3-13(4-2)19(24)23-11-5-6-15(12-23)18-22-21-17(25-18)14-7-9-16(20)10-8-14/h7-10,13,15H,3-6,11-12H2,1-2H3. The van der Waals surface area contributed by atoms with Crippen LogP contribution in [0.1, 0.15) is 51.3 Å². The molecule has 0 N–H and O–H groups in total. The van der Waals surface area contributed by atoms with Gasteiger partial charge in [0.2, 0.25) is 17.7 Å². The molecule has 134 valence electrons. The smallest absolute Gasteiger partial charge is 0.247 e. The molecule has 1 aromatic heterocycles. The lowest BCUT2D eigenvalue weighted by atomic mass is 9.95. The Morgan fingerprint density at radius 1 is 1.28 bits per heavy atom. The van der Waals surface area contributed by atoms with Crippen molar-refractivity contribution in [1.82, 2.24) is 15.1 Å². The first-order valence-electron chi connectivity index (χ1n) is 9.00. The van der Waals surface area contributed by atoms with Crippen molar-refractivity contribution in [3.05, 3.63) is 36.0 Å². The summed E-state index contributed by atoms with van der Waals surface area (Å²) in [5.41, 5.74) is 0.695. The minimum atomic E-state index is -0.300. The Kier molecular flexibility index (Phi) is 5.46. The van der Waals surface area contributed by atoms with Gasteiger partial charge in [0.05, 0.1) is 5.92 Å². The highest BCUT2D eigenvalue weighted by Crippen LogP contribution is 2.29. The Morgan fingerprint density at radius 2 is 2.00 bits per heavy atom. The Morgan fingerprint density at radius 3 is 2.68 bits per heavy atom. The zero-order chi connectivity index (χ0) is 17.8. The summed E-state index contributed by atoms with van der Waals surface area (Å²) in [6.45, 7) is 5.53. The molecule has 1 aliphatic rings. The maximum absolute atomic E-state index is 13.0. The van der Waals surface area contributed by atoms with Crippen LogP contribution in [0.4, 0.5) is 4.39 Å². The SMILES string of the molecule is CCC(CC)C(=O)N1CCCC(c2nnc(-c3ccc(F)cc3)o2)C1. The third-order valence-electron chi connectivity index (χ3n) is 4.95. The molecule has 1 fully saturated rings. The lowest BCUT2D eigenvalue weighted by Gasteiger charge is -2.33. The fourth-order valence-corrected chi connectivity index (χ4v) is 3.38. The molecular weight excluding hydrogens is 321 g/mol. The van der Waals surface area contributed by atoms with E-state index in [1.165, 1.54) is 12.1 Å². The number of rotatable bonds is 5. The van der Waals surface area contributed by atoms with Crippen molar-refractivity contribution >= 4 is 5.91 Å². The Hall–Kier alpha value is -2.24. The van der Waals surface area contributed by atoms with Crippen molar-refractivity contribution in [3.63, 3.8) is 0 Å². The van der Waals surface area contributed by atoms with Crippen LogP contribution < -0.4 is 0 Å². The first kappa shape index (κ1) is 17.6. The Bertz CT molecular complexity index is 710. The van der Waals surface area contributed by atoms with E-state index in [-0.39, 0.29) is 23.6 Å². The summed E-state index contributed by atoms with van der Waals surface area (Å²) in [4.78, 5) is 14.6. The fourth-order valence-electron chi connectivity index (χ4n) is 3.38. The van der Waals surface area contributed by atoms with E-state index in [0.29, 0.717) is 23.9 Å². The van der Waals surface area contributed by atoms with Crippen LogP contribution in [0.25, 0.3) is 11.5 Å². The average molecular weight is 345 g/mol. The summed E-state index contributed by atoms with van der Waals surface area (Å²) in [6, 6.07) is 5.98. The first-order chi connectivity index (χ1) is 12.1. The second-order valence-corrected chi connectivity index (χ2v) is 6.59. The van der Waals surface area contributed by atoms with Gasteiger partial charge in [0, 0.05) is 24.6 Å². The van der Waals surface area contributed by atoms with Gasteiger partial charge in [-0.1, -0.05) is 13.8 Å². The van der Waals surface area contributed by atoms with E-state index in [9.17, 15) is 9.18 Å². The molecule has 2 aromatic rings. The summed E-state index contributed by atoms with van der Waals surface area (Å²) in [7, 11) is 0. The van der Waals surface area contributed by atoms with Gasteiger partial charge in [-0.05, 0) is 49.9 Å². The number of halogens is 1. The number of benzene rings is 1. The Labute approximate surface area is 147 Å². The molecule has 1 aromatic carbocycles. The minimum Gasteiger partial charge on any atom is -0.420 e. The predicted octanol–water partition coefficient (Wildman–Crippen LogP) is 4.02. The largest absolute Gasteiger partial charge is 0.420 e. The lowest BCUT2D eigenvalue weighted by molar-refractivity contribution is -0.137. The van der Waals surface area contributed by atoms with Crippen LogP contribution in [-0.4, -0.2) is 34.1 Å². The predicted molar refractivity (Wildman–Crippen MR) is 92.3 cm³/mol. The molecule has 0 aliphatic carbocycles. The van der Waals surface area contributed by atoms with Crippen molar-refractivity contribution in [2.24, 2.45) is 5.92 Å². The molecule has 25 heavy (non-hydrogen) atoms. The maximum atomic E-state index is 13.0. The number of likely N-dealkylation sites (tertiary alicyclic amines) is 1. The molecule has 6 heteroatoms. The van der Waals surface area contributed by atoms with Crippen molar-refractivity contribution in [2.75, 3.05) is 13.1 Å². The number of amides is 1. The molecule has 1 atom stereocenters. The highest BCUT2D eigenvalue weighted by Gasteiger charge is 2.30. The first-order valence-corrected chi connectivity index (χ1v) is 9.00. The molecule has 1 amide bonds. The van der Waals surface area contributed by atoms with Crippen LogP contribution in [0, 0.1) is 11.7 Å². The third-order valence-corrected chi connectivity index (χ3v) is 4.95. The molecule has 0 spiro atoms. The summed E-state index contributed by atoms with van der Waals surface area (Å²) in [5.74, 6) is 1.03. The quantitative estimate of drug-likeness (QED) is 0.821. The van der Waals surface area contributed by atoms with Gasteiger partial charge in [-0.2, -0.15) is 0 Å². The van der Waals surface area contributed by atoms with E-state index < -0.39 is 0 Å². The molecule has 0 saturated carbocycles. The summed E-state index contributed by atoms with van der Waals surface area (Å²) >= 11 is 0. The van der Waals surface area contributed by atoms with Gasteiger partial charge >= 0.3 is 0 Å². The van der Waals surface area contributed by atoms with E-state index in [4.69, 9.17) is 4.42 Å². The number of nitrogens with zero attached hydrogens (tertiary/aromatic N) is 3. The second kappa shape index (κ2) is 7.76. The van der Waals surface area contributed by atoms with E-state index in [1.807, 2.05) is 4.90 Å². The summed E-state index contributed by atoms with van der Waals surface area (Å²) < 4.78 is 18.8. The van der Waals surface area contributed by atoms with Crippen LogP contribution in [-0.2, 0) is 4.79 Å². The van der Waals surface area contributed by atoms with E-state index in [0.717, 1.165) is 32.2 Å². The topological polar surface area (TPSA) is 59.2 Å². The number of hydrogen-bond acceptors (Lipinski definition) is 4. The summed E-state index contributed by atoms with van der Waals surface area (Å²) in [5, 5.41) is 8.26. The minimum absolute atomic E-state index is 0.0637. The van der Waals surface area contributed by atoms with Gasteiger partial charge < -0.3 is 9.32 Å². The molecule has 5 nitrogen and oxygen atoms in total. The zero-order valence-corrected chi connectivity index (χ0v) is 14.7. The molecular formula is C19H24FN3O2. The average Bonchev–Trinajstić information content (AvgIpc) is 3.13. The van der Waals surface area contributed by atoms with Gasteiger partial charge in [-0.15, -0.1) is 10.2 Å². The van der Waals surface area contributed by atoms with Gasteiger partial charge in [0.15, 0.2) is 0 Å². The molecule has 0 radical (unpaired) electrons. The van der Waals surface area contributed by atoms with Crippen LogP contribution in [0.2, 0.25) is 0 Å². The second-order valence-electron chi connectivity index (χ2n) is 6.59. The van der Waals surface area contributed by atoms with E-state index in [1.54, 1.807) is 12.1 Å². The summed E-state index contributed by atoms with van der Waals surface area (Å²) in [6.07, 6.45) is 3.60. The van der Waals surface area contributed by atoms with Gasteiger partial charge in [0.25, 0.3) is 0 Å². The molecule has 2 heterocycles. The highest BCUT2D eigenvalue weighted by atomic mass is 19.1. The van der Waals surface area contributed by atoms with Gasteiger partial charge in [0.1, 0.15) is 5.82 Å². The van der Waals surface area contributed by atoms with Crippen LogP contribution in [0.5, 0.6) is 0 Å². The highest BCUT2D eigenvalue weighted by molar-refractivity contribution is 5.78. The fraction of sp³-hybridized carbons (Fsp3) is 0.526. The lowest BCUT2D eigenvalue weighted by Crippen LogP contribution is -2.42. The number of aromatic nitrogens is 2. The number of carbonyl (C=O) groups is 1. The number of carbonyl (C=O) groups excluding carboxylic acids is 1. The molecule has 3 rings (SSSR count). The van der Waals surface area contributed by atoms with E-state index >= 15 is 0 Å². The van der Waals surface area contributed by atoms with Crippen LogP contribution in [0.3, 0.4) is 0 Å². The molecule has 0 bridgehead atoms. The van der Waals surface area contributed by atoms with Crippen molar-refractivity contribution in [3.8, 4) is 11.5 Å². The molecule has 1 aliphatic heterocycles. The monoisotopic (exact) mass is 345 g/mol. The van der Waals surface area contributed by atoms with Gasteiger partial charge in [-0.25, -0.2) is 4.39 Å². The maximum Gasteiger partial charge on any atom is 0.247 e. The number of hydrogen-bond donors (Lipinski definition) is 0. The van der Waals surface area contributed by atoms with Crippen LogP contribution >= 0.6 is 0 Å². The van der Waals surface area contributed by atoms with E-state index in [2.05, 4.69) is 24.0 Å². The van der Waals surface area contributed by atoms with Gasteiger partial charge in [-0.3, -0.25) is 4.79 Å². The van der Waals surface area contributed by atoms with Crippen molar-refractivity contribution in [1.29, 1.82) is 0 Å². The van der Waals surface area contributed by atoms with Crippen molar-refractivity contribution < 1.29 is 13.6 Å². The van der Waals surface area contributed by atoms with Crippen molar-refractivity contribution in [2.45, 2.75) is 45.4 Å². The number of piperidine rings is 1. The third kappa shape index (κ3) is 3.89. The molecule has 1 unspecified atom stereocenters. The zero-order valence-electron chi connectivity index (χ0n) is 14.7. The van der Waals surface area contributed by atoms with Crippen LogP contribution in [0.15, 0.2) is 28.7 Å².